The molecule has 1 aromatic heterocycles. The van der Waals surface area contributed by atoms with Gasteiger partial charge in [0.15, 0.2) is 11.4 Å². The van der Waals surface area contributed by atoms with Gasteiger partial charge in [0.05, 0.1) is 6.04 Å². The predicted octanol–water partition coefficient (Wildman–Crippen LogP) is 4.24. The monoisotopic (exact) mass is 480 g/mol. The second-order valence-corrected chi connectivity index (χ2v) is 8.61. The molecule has 1 atom stereocenters. The van der Waals surface area contributed by atoms with Crippen LogP contribution in [0.3, 0.4) is 0 Å². The predicted molar refractivity (Wildman–Crippen MR) is 135 cm³/mol. The molecule has 2 N–H and O–H groups in total. The van der Waals surface area contributed by atoms with Gasteiger partial charge in [0.1, 0.15) is 12.2 Å². The summed E-state index contributed by atoms with van der Waals surface area (Å²) in [5.74, 6) is -2.34. The maximum Gasteiger partial charge on any atom is 0.341 e. The Morgan fingerprint density at radius 2 is 1.47 bits per heavy atom. The van der Waals surface area contributed by atoms with E-state index in [-0.39, 0.29) is 30.5 Å². The number of hydrogen-bond acceptors (Lipinski definition) is 4. The summed E-state index contributed by atoms with van der Waals surface area (Å²) in [6.07, 6.45) is 1.28. The van der Waals surface area contributed by atoms with E-state index in [0.29, 0.717) is 0 Å². The molecular formula is C29H24N2O5. The van der Waals surface area contributed by atoms with Gasteiger partial charge in [-0.25, -0.2) is 4.79 Å². The zero-order chi connectivity index (χ0) is 25.1. The maximum absolute atomic E-state index is 13.2. The zero-order valence-electron chi connectivity index (χ0n) is 19.3. The first-order chi connectivity index (χ1) is 17.5. The van der Waals surface area contributed by atoms with Gasteiger partial charge in [-0.2, -0.15) is 0 Å². The van der Waals surface area contributed by atoms with Crippen LogP contribution in [-0.4, -0.2) is 28.1 Å². The van der Waals surface area contributed by atoms with E-state index < -0.39 is 28.9 Å². The van der Waals surface area contributed by atoms with Gasteiger partial charge in [0.2, 0.25) is 5.43 Å². The molecule has 0 fully saturated rings. The highest BCUT2D eigenvalue weighted by molar-refractivity contribution is 5.97. The van der Waals surface area contributed by atoms with Crippen LogP contribution >= 0.6 is 0 Å². The molecule has 0 bridgehead atoms. The summed E-state index contributed by atoms with van der Waals surface area (Å²) in [6.45, 7) is 0.269. The Morgan fingerprint density at radius 1 is 0.917 bits per heavy atom. The van der Waals surface area contributed by atoms with E-state index >= 15 is 0 Å². The van der Waals surface area contributed by atoms with Crippen LogP contribution in [-0.2, 0) is 6.61 Å². The Labute approximate surface area is 207 Å². The van der Waals surface area contributed by atoms with Crippen molar-refractivity contribution in [2.24, 2.45) is 0 Å². The van der Waals surface area contributed by atoms with Crippen molar-refractivity contribution in [1.29, 1.82) is 0 Å². The first-order valence-electron chi connectivity index (χ1n) is 11.6. The Morgan fingerprint density at radius 3 is 2.03 bits per heavy atom. The average molecular weight is 481 g/mol. The number of carbonyl (C=O) groups is 2. The summed E-state index contributed by atoms with van der Waals surface area (Å²) >= 11 is 0. The van der Waals surface area contributed by atoms with Crippen molar-refractivity contribution in [1.82, 2.24) is 9.88 Å². The summed E-state index contributed by atoms with van der Waals surface area (Å²) in [7, 11) is 0. The lowest BCUT2D eigenvalue weighted by molar-refractivity contribution is 0.0690. The molecule has 1 amide bonds. The number of rotatable bonds is 7. The molecule has 0 radical (unpaired) electrons. The van der Waals surface area contributed by atoms with Gasteiger partial charge in [0, 0.05) is 18.7 Å². The minimum atomic E-state index is -1.37. The lowest BCUT2D eigenvalue weighted by Gasteiger charge is -2.36. The molecule has 0 spiro atoms. The minimum absolute atomic E-state index is 0.0187. The second-order valence-electron chi connectivity index (χ2n) is 8.61. The van der Waals surface area contributed by atoms with Gasteiger partial charge in [-0.15, -0.1) is 0 Å². The highest BCUT2D eigenvalue weighted by Crippen LogP contribution is 2.38. The van der Waals surface area contributed by atoms with Gasteiger partial charge in [-0.3, -0.25) is 9.59 Å². The number of aromatic carboxylic acids is 1. The van der Waals surface area contributed by atoms with E-state index in [9.17, 15) is 19.5 Å². The number of nitrogens with zero attached hydrogens (tertiary/aromatic N) is 1. The number of carboxylic acids is 1. The van der Waals surface area contributed by atoms with Crippen LogP contribution in [0.15, 0.2) is 102 Å². The van der Waals surface area contributed by atoms with Crippen LogP contribution in [0.4, 0.5) is 0 Å². The standard InChI is InChI=1S/C29H24N2O5/c32-26-22(29(34)35)17-31-23(24(20-12-6-2-7-13-20)21-14-8-3-9-15-21)16-30-28(33)25(31)27(26)36-18-19-10-4-1-5-11-19/h1-15,17,23-24H,16,18H2,(H,30,33)(H,34,35)/t23-/m1/s1. The van der Waals surface area contributed by atoms with Crippen molar-refractivity contribution in [3.8, 4) is 5.75 Å². The number of nitrogens with one attached hydrogen (secondary N) is 1. The molecule has 0 aliphatic carbocycles. The zero-order valence-corrected chi connectivity index (χ0v) is 19.3. The summed E-state index contributed by atoms with van der Waals surface area (Å²) in [5, 5.41) is 12.7. The SMILES string of the molecule is O=C(O)c1cn2c(c(OCc3ccccc3)c1=O)C(=O)NC[C@@H]2C(c1ccccc1)c1ccccc1. The van der Waals surface area contributed by atoms with Gasteiger partial charge < -0.3 is 19.7 Å². The summed E-state index contributed by atoms with van der Waals surface area (Å²) < 4.78 is 7.47. The van der Waals surface area contributed by atoms with Crippen LogP contribution in [0.5, 0.6) is 5.75 Å². The Kier molecular flexibility index (Phi) is 6.36. The molecule has 1 aliphatic rings. The second kappa shape index (κ2) is 9.92. The van der Waals surface area contributed by atoms with E-state index in [1.807, 2.05) is 91.0 Å². The molecule has 7 nitrogen and oxygen atoms in total. The number of aromatic nitrogens is 1. The number of ether oxygens (including phenoxy) is 1. The molecule has 7 heteroatoms. The fourth-order valence-corrected chi connectivity index (χ4v) is 4.72. The number of carboxylic acid groups (broad SMARTS) is 1. The number of hydrogen-bond donors (Lipinski definition) is 2. The topological polar surface area (TPSA) is 97.6 Å². The lowest BCUT2D eigenvalue weighted by atomic mass is 9.83. The van der Waals surface area contributed by atoms with E-state index in [2.05, 4.69) is 5.32 Å². The number of benzene rings is 3. The third kappa shape index (κ3) is 4.38. The van der Waals surface area contributed by atoms with Gasteiger partial charge >= 0.3 is 5.97 Å². The number of carbonyl (C=O) groups excluding carboxylic acids is 1. The molecule has 4 aromatic rings. The molecule has 1 aliphatic heterocycles. The molecule has 0 saturated heterocycles. The van der Waals surface area contributed by atoms with Crippen molar-refractivity contribution in [3.63, 3.8) is 0 Å². The molecule has 0 saturated carbocycles. The first kappa shape index (κ1) is 23.1. The van der Waals surface area contributed by atoms with Crippen LogP contribution in [0.1, 0.15) is 49.5 Å². The van der Waals surface area contributed by atoms with Crippen LogP contribution < -0.4 is 15.5 Å². The molecule has 0 unspecified atom stereocenters. The van der Waals surface area contributed by atoms with Crippen LogP contribution in [0.25, 0.3) is 0 Å². The van der Waals surface area contributed by atoms with Crippen molar-refractivity contribution in [3.05, 3.63) is 135 Å². The Balaban J connectivity index is 1.69. The van der Waals surface area contributed by atoms with Gasteiger partial charge in [-0.1, -0.05) is 91.0 Å². The Bertz CT molecular complexity index is 1410. The molecule has 3 aromatic carbocycles. The van der Waals surface area contributed by atoms with Crippen LogP contribution in [0, 0.1) is 0 Å². The van der Waals surface area contributed by atoms with Crippen molar-refractivity contribution in [2.75, 3.05) is 6.54 Å². The third-order valence-corrected chi connectivity index (χ3v) is 6.40. The van der Waals surface area contributed by atoms with E-state index in [4.69, 9.17) is 4.74 Å². The van der Waals surface area contributed by atoms with Gasteiger partial charge in [0.25, 0.3) is 5.91 Å². The van der Waals surface area contributed by atoms with E-state index in [1.54, 1.807) is 4.57 Å². The van der Waals surface area contributed by atoms with E-state index in [0.717, 1.165) is 16.7 Å². The van der Waals surface area contributed by atoms with Gasteiger partial charge in [-0.05, 0) is 16.7 Å². The molecule has 5 rings (SSSR count). The summed E-state index contributed by atoms with van der Waals surface area (Å²) in [5.41, 5.74) is 1.54. The van der Waals surface area contributed by atoms with E-state index in [1.165, 1.54) is 6.20 Å². The largest absolute Gasteiger partial charge is 0.483 e. The summed E-state index contributed by atoms with van der Waals surface area (Å²) in [4.78, 5) is 38.3. The number of pyridine rings is 1. The summed E-state index contributed by atoms with van der Waals surface area (Å²) in [6, 6.07) is 28.4. The highest BCUT2D eigenvalue weighted by atomic mass is 16.5. The normalized spacial score (nSPS) is 14.7. The lowest BCUT2D eigenvalue weighted by Crippen LogP contribution is -2.44. The number of fused-ring (bicyclic) bond motifs is 1. The highest BCUT2D eigenvalue weighted by Gasteiger charge is 2.36. The van der Waals surface area contributed by atoms with Crippen molar-refractivity contribution in [2.45, 2.75) is 18.6 Å². The molecule has 36 heavy (non-hydrogen) atoms. The Hall–Kier alpha value is -4.65. The quantitative estimate of drug-likeness (QED) is 0.412. The number of amides is 1. The fraction of sp³-hybridized carbons (Fsp3) is 0.138. The average Bonchev–Trinajstić information content (AvgIpc) is 2.91. The molecule has 180 valence electrons. The van der Waals surface area contributed by atoms with Crippen molar-refractivity contribution < 1.29 is 19.4 Å². The van der Waals surface area contributed by atoms with Crippen molar-refractivity contribution >= 4 is 11.9 Å². The molecule has 2 heterocycles. The van der Waals surface area contributed by atoms with Crippen LogP contribution in [0.2, 0.25) is 0 Å². The smallest absolute Gasteiger partial charge is 0.341 e. The first-order valence-corrected chi connectivity index (χ1v) is 11.6. The third-order valence-electron chi connectivity index (χ3n) is 6.40. The fourth-order valence-electron chi connectivity index (χ4n) is 4.72. The maximum atomic E-state index is 13.2. The minimum Gasteiger partial charge on any atom is -0.483 e. The molecular weight excluding hydrogens is 456 g/mol.